The van der Waals surface area contributed by atoms with Crippen LogP contribution in [0.1, 0.15) is 28.7 Å². The Morgan fingerprint density at radius 3 is 1.70 bits per heavy atom. The van der Waals surface area contributed by atoms with E-state index >= 15 is 0 Å². The van der Waals surface area contributed by atoms with E-state index in [2.05, 4.69) is 5.32 Å². The first-order valence-electron chi connectivity index (χ1n) is 12.2. The maximum absolute atomic E-state index is 13.8. The van der Waals surface area contributed by atoms with Gasteiger partial charge in [0.25, 0.3) is 0 Å². The molecule has 37 heavy (non-hydrogen) atoms. The van der Waals surface area contributed by atoms with Gasteiger partial charge in [0.15, 0.2) is 0 Å². The zero-order chi connectivity index (χ0) is 26.1. The molecule has 4 aromatic rings. The highest BCUT2D eigenvalue weighted by Gasteiger charge is 2.39. The number of hydrogen-bond donors (Lipinski definition) is 1. The number of methoxy groups -OCH3 is 2. The van der Waals surface area contributed by atoms with Crippen LogP contribution in [0.4, 0.5) is 0 Å². The summed E-state index contributed by atoms with van der Waals surface area (Å²) in [6, 6.07) is 36.6. The SMILES string of the molecule is COC(=O)[C@@H](Cc1cccc(OC)c1)NC(=O)CC(c1ccccc1)(c1ccccc1)c1ccccc1. The van der Waals surface area contributed by atoms with Gasteiger partial charge < -0.3 is 14.8 Å². The summed E-state index contributed by atoms with van der Waals surface area (Å²) in [7, 11) is 2.92. The van der Waals surface area contributed by atoms with Crippen molar-refractivity contribution in [1.82, 2.24) is 5.32 Å². The van der Waals surface area contributed by atoms with E-state index in [1.54, 1.807) is 7.11 Å². The van der Waals surface area contributed by atoms with E-state index in [9.17, 15) is 9.59 Å². The Balaban J connectivity index is 1.72. The van der Waals surface area contributed by atoms with Crippen molar-refractivity contribution in [3.05, 3.63) is 138 Å². The van der Waals surface area contributed by atoms with E-state index in [0.717, 1.165) is 22.3 Å². The number of carbonyl (C=O) groups excluding carboxylic acids is 2. The normalized spacial score (nSPS) is 11.8. The molecule has 5 nitrogen and oxygen atoms in total. The molecule has 5 heteroatoms. The highest BCUT2D eigenvalue weighted by Crippen LogP contribution is 2.42. The third kappa shape index (κ3) is 5.89. The summed E-state index contributed by atoms with van der Waals surface area (Å²) >= 11 is 0. The minimum Gasteiger partial charge on any atom is -0.497 e. The van der Waals surface area contributed by atoms with E-state index in [4.69, 9.17) is 9.47 Å². The van der Waals surface area contributed by atoms with Crippen LogP contribution >= 0.6 is 0 Å². The van der Waals surface area contributed by atoms with Crippen LogP contribution < -0.4 is 10.1 Å². The Kier molecular flexibility index (Phi) is 8.37. The van der Waals surface area contributed by atoms with Crippen molar-refractivity contribution < 1.29 is 19.1 Å². The average molecular weight is 494 g/mol. The lowest BCUT2D eigenvalue weighted by atomic mass is 9.67. The van der Waals surface area contributed by atoms with Crippen LogP contribution in [0.25, 0.3) is 0 Å². The highest BCUT2D eigenvalue weighted by molar-refractivity contribution is 5.86. The summed E-state index contributed by atoms with van der Waals surface area (Å²) in [5, 5.41) is 2.96. The van der Waals surface area contributed by atoms with Gasteiger partial charge >= 0.3 is 5.97 Å². The number of rotatable bonds is 10. The summed E-state index contributed by atoms with van der Waals surface area (Å²) < 4.78 is 10.4. The molecule has 0 aromatic heterocycles. The molecule has 0 aliphatic carbocycles. The van der Waals surface area contributed by atoms with Crippen LogP contribution in [-0.4, -0.2) is 32.1 Å². The molecule has 4 aromatic carbocycles. The maximum Gasteiger partial charge on any atom is 0.328 e. The molecule has 0 fully saturated rings. The average Bonchev–Trinajstić information content (AvgIpc) is 2.96. The first kappa shape index (κ1) is 25.7. The van der Waals surface area contributed by atoms with Crippen molar-refractivity contribution in [3.8, 4) is 5.75 Å². The second-order valence-corrected chi connectivity index (χ2v) is 8.88. The van der Waals surface area contributed by atoms with Gasteiger partial charge in [-0.25, -0.2) is 4.79 Å². The zero-order valence-electron chi connectivity index (χ0n) is 21.1. The van der Waals surface area contributed by atoms with Gasteiger partial charge in [0.1, 0.15) is 11.8 Å². The second kappa shape index (κ2) is 12.0. The molecule has 1 atom stereocenters. The fourth-order valence-corrected chi connectivity index (χ4v) is 4.83. The smallest absolute Gasteiger partial charge is 0.328 e. The fraction of sp³-hybridized carbons (Fsp3) is 0.188. The van der Waals surface area contributed by atoms with E-state index in [1.807, 2.05) is 115 Å². The molecule has 1 amide bonds. The van der Waals surface area contributed by atoms with Crippen molar-refractivity contribution in [3.63, 3.8) is 0 Å². The number of esters is 1. The summed E-state index contributed by atoms with van der Waals surface area (Å²) in [5.74, 6) is -0.0700. The minimum absolute atomic E-state index is 0.108. The van der Waals surface area contributed by atoms with Gasteiger partial charge in [-0.1, -0.05) is 103 Å². The van der Waals surface area contributed by atoms with Crippen LogP contribution in [0, 0.1) is 0 Å². The van der Waals surface area contributed by atoms with Gasteiger partial charge in [-0.2, -0.15) is 0 Å². The molecule has 0 aliphatic heterocycles. The van der Waals surface area contributed by atoms with Gasteiger partial charge in [0, 0.05) is 12.8 Å². The van der Waals surface area contributed by atoms with Crippen molar-refractivity contribution >= 4 is 11.9 Å². The molecular weight excluding hydrogens is 462 g/mol. The number of ether oxygens (including phenoxy) is 2. The van der Waals surface area contributed by atoms with E-state index in [-0.39, 0.29) is 18.7 Å². The Morgan fingerprint density at radius 1 is 0.730 bits per heavy atom. The molecule has 0 saturated heterocycles. The van der Waals surface area contributed by atoms with Crippen LogP contribution in [-0.2, 0) is 26.2 Å². The highest BCUT2D eigenvalue weighted by atomic mass is 16.5. The Morgan fingerprint density at radius 2 is 1.24 bits per heavy atom. The van der Waals surface area contributed by atoms with Crippen LogP contribution in [0.3, 0.4) is 0 Å². The third-order valence-corrected chi connectivity index (χ3v) is 6.62. The molecule has 0 spiro atoms. The molecule has 0 saturated carbocycles. The lowest BCUT2D eigenvalue weighted by Gasteiger charge is -2.36. The molecule has 188 valence electrons. The van der Waals surface area contributed by atoms with Crippen molar-refractivity contribution in [2.24, 2.45) is 0 Å². The van der Waals surface area contributed by atoms with E-state index in [0.29, 0.717) is 5.75 Å². The topological polar surface area (TPSA) is 64.6 Å². The summed E-state index contributed by atoms with van der Waals surface area (Å²) in [6.45, 7) is 0. The molecule has 0 heterocycles. The predicted octanol–water partition coefficient (Wildman–Crippen LogP) is 5.32. The standard InChI is InChI=1S/C32H31NO4/c1-36-28-20-12-13-24(21-28)22-29(31(35)37-2)33-30(34)23-32(25-14-6-3-7-15-25,26-16-8-4-9-17-26)27-18-10-5-11-19-27/h3-21,29H,22-23H2,1-2H3,(H,33,34)/t29-/m1/s1. The molecule has 0 radical (unpaired) electrons. The van der Waals surface area contributed by atoms with Crippen molar-refractivity contribution in [2.45, 2.75) is 24.3 Å². The van der Waals surface area contributed by atoms with Gasteiger partial charge in [-0.3, -0.25) is 4.79 Å². The van der Waals surface area contributed by atoms with Gasteiger partial charge in [0.2, 0.25) is 5.91 Å². The van der Waals surface area contributed by atoms with Crippen LogP contribution in [0.5, 0.6) is 5.75 Å². The minimum atomic E-state index is -0.843. The Hall–Kier alpha value is -4.38. The number of amides is 1. The summed E-state index contributed by atoms with van der Waals surface area (Å²) in [5.41, 5.74) is 3.07. The third-order valence-electron chi connectivity index (χ3n) is 6.62. The number of hydrogen-bond acceptors (Lipinski definition) is 4. The molecule has 0 aliphatic rings. The Labute approximate surface area is 218 Å². The second-order valence-electron chi connectivity index (χ2n) is 8.88. The summed E-state index contributed by atoms with van der Waals surface area (Å²) in [4.78, 5) is 26.5. The van der Waals surface area contributed by atoms with Crippen LogP contribution in [0.15, 0.2) is 115 Å². The Bertz CT molecular complexity index is 1210. The van der Waals surface area contributed by atoms with Crippen molar-refractivity contribution in [2.75, 3.05) is 14.2 Å². The fourth-order valence-electron chi connectivity index (χ4n) is 4.83. The lowest BCUT2D eigenvalue weighted by Crippen LogP contribution is -2.46. The van der Waals surface area contributed by atoms with E-state index in [1.165, 1.54) is 7.11 Å². The lowest BCUT2D eigenvalue weighted by molar-refractivity contribution is -0.145. The van der Waals surface area contributed by atoms with Gasteiger partial charge in [-0.05, 0) is 34.4 Å². The summed E-state index contributed by atoms with van der Waals surface area (Å²) in [6.07, 6.45) is 0.390. The molecule has 1 N–H and O–H groups in total. The van der Waals surface area contributed by atoms with Gasteiger partial charge in [-0.15, -0.1) is 0 Å². The van der Waals surface area contributed by atoms with Crippen LogP contribution in [0.2, 0.25) is 0 Å². The molecule has 4 rings (SSSR count). The van der Waals surface area contributed by atoms with Crippen molar-refractivity contribution in [1.29, 1.82) is 0 Å². The number of benzene rings is 4. The van der Waals surface area contributed by atoms with E-state index < -0.39 is 17.4 Å². The molecule has 0 bridgehead atoms. The first-order valence-corrected chi connectivity index (χ1v) is 12.2. The number of nitrogens with one attached hydrogen (secondary N) is 1. The largest absolute Gasteiger partial charge is 0.497 e. The monoisotopic (exact) mass is 493 g/mol. The maximum atomic E-state index is 13.8. The first-order chi connectivity index (χ1) is 18.1. The number of carbonyl (C=O) groups is 2. The molecular formula is C32H31NO4. The zero-order valence-corrected chi connectivity index (χ0v) is 21.1. The van der Waals surface area contributed by atoms with Gasteiger partial charge in [0.05, 0.1) is 19.6 Å². The quantitative estimate of drug-likeness (QED) is 0.240. The molecule has 0 unspecified atom stereocenters. The predicted molar refractivity (Wildman–Crippen MR) is 144 cm³/mol.